The largest absolute Gasteiger partial charge is 0.501 e. The molecule has 68 heavy (non-hydrogen) atoms. The quantitative estimate of drug-likeness (QED) is 0.142. The molecule has 0 atom stereocenters. The maximum absolute atomic E-state index is 12.6. The minimum absolute atomic E-state index is 0. The Bertz CT molecular complexity index is 3350. The van der Waals surface area contributed by atoms with E-state index in [-0.39, 0.29) is 37.8 Å². The molecule has 6 heteroatoms. The molecule has 1 fully saturated rings. The summed E-state index contributed by atoms with van der Waals surface area (Å²) in [6.07, 6.45) is 5.72. The van der Waals surface area contributed by atoms with Crippen LogP contribution in [0.1, 0.15) is 103 Å². The molecule has 7 aromatic carbocycles. The second-order valence-corrected chi connectivity index (χ2v) is 19.3. The Morgan fingerprint density at radius 2 is 1.38 bits per heavy atom. The first-order valence-corrected chi connectivity index (χ1v) is 23.6. The van der Waals surface area contributed by atoms with Crippen molar-refractivity contribution in [2.24, 2.45) is 5.41 Å². The molecule has 1 saturated carbocycles. The normalized spacial score (nSPS) is 14.5. The molecule has 1 aliphatic rings. The first kappa shape index (κ1) is 45.3. The first-order chi connectivity index (χ1) is 32.9. The van der Waals surface area contributed by atoms with E-state index in [1.807, 2.05) is 30.3 Å². The number of benzene rings is 7. The van der Waals surface area contributed by atoms with Gasteiger partial charge in [0.05, 0.1) is 22.4 Å². The molecule has 0 bridgehead atoms. The monoisotopic (exact) mass is 1070 g/mol. The van der Waals surface area contributed by atoms with E-state index in [1.165, 1.54) is 40.1 Å². The van der Waals surface area contributed by atoms with Crippen LogP contribution >= 0.6 is 0 Å². The predicted octanol–water partition coefficient (Wildman–Crippen LogP) is 17.3. The molecule has 0 unspecified atom stereocenters. The molecular weight excluding hydrogens is 1010 g/mol. The number of nitrogens with zero attached hydrogens (tertiary/aromatic N) is 3. The number of para-hydroxylation sites is 2. The van der Waals surface area contributed by atoms with Crippen LogP contribution in [0.25, 0.3) is 83.6 Å². The van der Waals surface area contributed by atoms with Crippen molar-refractivity contribution < 1.29 is 30.3 Å². The number of halogens is 1. The van der Waals surface area contributed by atoms with E-state index in [0.717, 1.165) is 98.0 Å². The van der Waals surface area contributed by atoms with Gasteiger partial charge in [0.2, 0.25) is 0 Å². The minimum Gasteiger partial charge on any atom is -0.501 e. The van der Waals surface area contributed by atoms with E-state index < -0.39 is 5.89 Å². The predicted molar refractivity (Wildman–Crippen MR) is 275 cm³/mol. The standard InChI is InChI=1S/C51H49N2O.C11H7FN.Ir/c1-32(2)43-29-39(36-21-19-35(20-22-36)37-25-27-51(5,6)28-26-37)30-44(33(3)4)48(43)53-46-18-11-10-17-45(46)52-50(53)42-16-12-15-41-40-24-23-38(31-47(40)54-49(41)42)34-13-8-7-9-14-34;12-10-6-4-9(5-7-10)11-3-1-2-8-13-11;/h7-15,17-24,29-33,37H,25-28H2,1-6H3;1-4,6-8H;/q2*-1;/i37D;;. The second-order valence-electron chi connectivity index (χ2n) is 19.3. The van der Waals surface area contributed by atoms with E-state index in [2.05, 4.69) is 172 Å². The molecule has 0 aliphatic heterocycles. The third-order valence-electron chi connectivity index (χ3n) is 13.5. The van der Waals surface area contributed by atoms with E-state index in [1.54, 1.807) is 12.3 Å². The molecular formula is C62H56FIrN3O-2. The second kappa shape index (κ2) is 19.6. The summed E-state index contributed by atoms with van der Waals surface area (Å²) in [6, 6.07) is 59.6. The third-order valence-corrected chi connectivity index (χ3v) is 13.5. The molecule has 1 radical (unpaired) electrons. The van der Waals surface area contributed by atoms with Gasteiger partial charge >= 0.3 is 0 Å². The van der Waals surface area contributed by atoms with Crippen molar-refractivity contribution in [2.75, 3.05) is 0 Å². The van der Waals surface area contributed by atoms with E-state index in [9.17, 15) is 5.76 Å². The third kappa shape index (κ3) is 9.37. The van der Waals surface area contributed by atoms with Gasteiger partial charge in [0.15, 0.2) is 0 Å². The van der Waals surface area contributed by atoms with Crippen LogP contribution in [0, 0.1) is 23.4 Å². The fourth-order valence-corrected chi connectivity index (χ4v) is 9.63. The van der Waals surface area contributed by atoms with Gasteiger partial charge in [-0.05, 0) is 130 Å². The molecule has 0 N–H and O–H groups in total. The average molecular weight is 1070 g/mol. The Hall–Kier alpha value is -6.46. The van der Waals surface area contributed by atoms with Crippen LogP contribution < -0.4 is 0 Å². The van der Waals surface area contributed by atoms with Gasteiger partial charge in [-0.2, -0.15) is 0 Å². The van der Waals surface area contributed by atoms with Crippen molar-refractivity contribution in [3.8, 4) is 50.6 Å². The van der Waals surface area contributed by atoms with Gasteiger partial charge in [-0.3, -0.25) is 9.37 Å². The molecule has 343 valence electrons. The van der Waals surface area contributed by atoms with Gasteiger partial charge in [0, 0.05) is 44.6 Å². The molecule has 0 saturated heterocycles. The average Bonchev–Trinajstić information content (AvgIpc) is 3.94. The van der Waals surface area contributed by atoms with Crippen LogP contribution in [0.5, 0.6) is 0 Å². The van der Waals surface area contributed by atoms with Crippen LogP contribution in [0.2, 0.25) is 0 Å². The van der Waals surface area contributed by atoms with Crippen molar-refractivity contribution in [1.82, 2.24) is 14.5 Å². The van der Waals surface area contributed by atoms with Crippen molar-refractivity contribution in [2.45, 2.75) is 85.0 Å². The zero-order valence-electron chi connectivity index (χ0n) is 40.5. The van der Waals surface area contributed by atoms with Gasteiger partial charge in [0.1, 0.15) is 5.58 Å². The van der Waals surface area contributed by atoms with Crippen LogP contribution in [-0.2, 0) is 20.1 Å². The number of pyridine rings is 1. The Morgan fingerprint density at radius 1 is 0.706 bits per heavy atom. The van der Waals surface area contributed by atoms with Gasteiger partial charge in [-0.1, -0.05) is 143 Å². The fourth-order valence-electron chi connectivity index (χ4n) is 9.63. The summed E-state index contributed by atoms with van der Waals surface area (Å²) in [5, 5.41) is 2.14. The van der Waals surface area contributed by atoms with Gasteiger partial charge in [-0.25, -0.2) is 0 Å². The Morgan fingerprint density at radius 3 is 2.06 bits per heavy atom. The summed E-state index contributed by atoms with van der Waals surface area (Å²) in [5.74, 6) is 0.522. The number of hydrogen-bond acceptors (Lipinski definition) is 3. The zero-order valence-corrected chi connectivity index (χ0v) is 41.9. The van der Waals surface area contributed by atoms with Gasteiger partial charge in [-0.15, -0.1) is 48.0 Å². The topological polar surface area (TPSA) is 43.9 Å². The Balaban J connectivity index is 0.000000366. The first-order valence-electron chi connectivity index (χ1n) is 24.1. The maximum atomic E-state index is 12.6. The van der Waals surface area contributed by atoms with Crippen molar-refractivity contribution >= 4 is 33.0 Å². The summed E-state index contributed by atoms with van der Waals surface area (Å²) in [5.41, 5.74) is 16.0. The van der Waals surface area contributed by atoms with Gasteiger partial charge < -0.3 is 14.0 Å². The summed E-state index contributed by atoms with van der Waals surface area (Å²) in [4.78, 5) is 9.47. The van der Waals surface area contributed by atoms with E-state index >= 15 is 0 Å². The zero-order chi connectivity index (χ0) is 47.2. The fraction of sp³-hybridized carbons (Fsp3) is 0.226. The molecule has 1 aliphatic carbocycles. The summed E-state index contributed by atoms with van der Waals surface area (Å²) in [6.45, 7) is 13.8. The van der Waals surface area contributed by atoms with Crippen molar-refractivity contribution in [1.29, 1.82) is 0 Å². The molecule has 11 rings (SSSR count). The number of rotatable bonds is 8. The van der Waals surface area contributed by atoms with Crippen LogP contribution in [-0.4, -0.2) is 14.5 Å². The SMILES string of the molecule is Fc1c[c-]c(-c2ccccn2)cc1.[2H]C1(c2ccc(-c3cc(C(C)C)c(-n4c(-c5[c-]ccc6c5oc5cc(-c7ccccc7)ccc56)nc5ccccc54)c(C(C)C)c3)cc2)CCC(C)(C)CC1.[Ir]. The molecule has 3 aromatic heterocycles. The number of hydrogen-bond donors (Lipinski definition) is 0. The number of furan rings is 1. The number of aromatic nitrogens is 3. The smallest absolute Gasteiger partial charge is 0.121 e. The maximum Gasteiger partial charge on any atom is 0.121 e. The Labute approximate surface area is 415 Å². The molecule has 0 amide bonds. The van der Waals surface area contributed by atoms with Crippen LogP contribution in [0.3, 0.4) is 0 Å². The summed E-state index contributed by atoms with van der Waals surface area (Å²) in [7, 11) is 0. The molecule has 0 spiro atoms. The Kier molecular flexibility index (Phi) is 13.1. The number of imidazole rings is 1. The summed E-state index contributed by atoms with van der Waals surface area (Å²) < 4.78 is 31.1. The minimum atomic E-state index is -0.507. The summed E-state index contributed by atoms with van der Waals surface area (Å²) >= 11 is 0. The molecule has 10 aromatic rings. The van der Waals surface area contributed by atoms with Crippen molar-refractivity contribution in [3.05, 3.63) is 199 Å². The van der Waals surface area contributed by atoms with Crippen LogP contribution in [0.4, 0.5) is 4.39 Å². The molecule has 3 heterocycles. The van der Waals surface area contributed by atoms with E-state index in [0.29, 0.717) is 5.41 Å². The van der Waals surface area contributed by atoms with Crippen molar-refractivity contribution in [3.63, 3.8) is 0 Å². The molecule has 4 nitrogen and oxygen atoms in total. The van der Waals surface area contributed by atoms with Gasteiger partial charge in [0.25, 0.3) is 0 Å². The van der Waals surface area contributed by atoms with E-state index in [4.69, 9.17) is 9.40 Å². The number of fused-ring (bicyclic) bond motifs is 4. The van der Waals surface area contributed by atoms with Crippen LogP contribution in [0.15, 0.2) is 168 Å².